The number of ether oxygens (including phenoxy) is 4. The second kappa shape index (κ2) is 11.8. The maximum Gasteiger partial charge on any atom is 0.511 e. The molecule has 1 aliphatic heterocycles. The number of nitrogens with zero attached hydrogens (tertiary/aromatic N) is 1. The molecule has 0 aliphatic carbocycles. The fourth-order valence-electron chi connectivity index (χ4n) is 2.57. The van der Waals surface area contributed by atoms with E-state index < -0.39 is 41.9 Å². The van der Waals surface area contributed by atoms with E-state index in [9.17, 15) is 32.9 Å². The predicted octanol–water partition coefficient (Wildman–Crippen LogP) is 3.95. The Morgan fingerprint density at radius 1 is 1.21 bits per heavy atom. The van der Waals surface area contributed by atoms with E-state index in [4.69, 9.17) is 16.3 Å². The summed E-state index contributed by atoms with van der Waals surface area (Å²) in [6.45, 7) is 0.257. The van der Waals surface area contributed by atoms with Gasteiger partial charge < -0.3 is 23.8 Å². The first-order valence-corrected chi connectivity index (χ1v) is 10.6. The highest BCUT2D eigenvalue weighted by Crippen LogP contribution is 2.40. The standard InChI is InChI=1S/C18H17ClF3NO9S/c1-10-6-12(19)7-11-8-13(15(18(20,21)22)32-14(10)11)16(24)29-9-30-17(25)28-2-4-33-5-3-31-23(26)27/h6-8,15H,2-5,9H2,1H3/t15-/m0/s1. The van der Waals surface area contributed by atoms with Crippen LogP contribution < -0.4 is 4.74 Å². The molecular formula is C18H17ClF3NO9S. The summed E-state index contributed by atoms with van der Waals surface area (Å²) in [5, 5.41) is 9.26. The average molecular weight is 516 g/mol. The zero-order valence-electron chi connectivity index (χ0n) is 16.9. The molecule has 33 heavy (non-hydrogen) atoms. The van der Waals surface area contributed by atoms with Gasteiger partial charge in [0.25, 0.3) is 5.09 Å². The van der Waals surface area contributed by atoms with Gasteiger partial charge in [0.15, 0.2) is 0 Å². The Morgan fingerprint density at radius 2 is 1.91 bits per heavy atom. The Hall–Kier alpha value is -2.87. The molecule has 1 aromatic rings. The summed E-state index contributed by atoms with van der Waals surface area (Å²) in [5.41, 5.74) is -0.333. The molecule has 0 spiro atoms. The van der Waals surface area contributed by atoms with Gasteiger partial charge in [-0.3, -0.25) is 0 Å². The van der Waals surface area contributed by atoms with Crippen molar-refractivity contribution in [2.24, 2.45) is 0 Å². The molecule has 1 aliphatic rings. The number of alkyl halides is 3. The van der Waals surface area contributed by atoms with Crippen molar-refractivity contribution < 1.29 is 51.6 Å². The van der Waals surface area contributed by atoms with Crippen molar-refractivity contribution in [2.75, 3.05) is 31.5 Å². The zero-order chi connectivity index (χ0) is 24.6. The first kappa shape index (κ1) is 26.4. The number of carbonyl (C=O) groups excluding carboxylic acids is 2. The number of hydrogen-bond acceptors (Lipinski definition) is 10. The second-order valence-electron chi connectivity index (χ2n) is 6.24. The number of rotatable bonds is 10. The van der Waals surface area contributed by atoms with Crippen molar-refractivity contribution in [3.8, 4) is 5.75 Å². The summed E-state index contributed by atoms with van der Waals surface area (Å²) in [4.78, 5) is 37.7. The van der Waals surface area contributed by atoms with Crippen LogP contribution in [0.4, 0.5) is 18.0 Å². The van der Waals surface area contributed by atoms with Crippen LogP contribution >= 0.6 is 23.4 Å². The maximum absolute atomic E-state index is 13.4. The molecule has 0 saturated heterocycles. The maximum atomic E-state index is 13.4. The molecule has 0 bridgehead atoms. The van der Waals surface area contributed by atoms with Crippen LogP contribution in [0.5, 0.6) is 5.75 Å². The van der Waals surface area contributed by atoms with E-state index in [0.717, 1.165) is 6.08 Å². The van der Waals surface area contributed by atoms with Crippen LogP contribution in [0.15, 0.2) is 17.7 Å². The van der Waals surface area contributed by atoms with E-state index in [-0.39, 0.29) is 41.1 Å². The first-order valence-electron chi connectivity index (χ1n) is 9.06. The molecule has 10 nitrogen and oxygen atoms in total. The highest BCUT2D eigenvalue weighted by Gasteiger charge is 2.49. The molecule has 15 heteroatoms. The smallest absolute Gasteiger partial charge is 0.475 e. The van der Waals surface area contributed by atoms with Gasteiger partial charge in [0.2, 0.25) is 12.9 Å². The van der Waals surface area contributed by atoms with Gasteiger partial charge in [-0.15, -0.1) is 10.1 Å². The number of esters is 1. The molecule has 0 unspecified atom stereocenters. The Labute approximate surface area is 194 Å². The van der Waals surface area contributed by atoms with E-state index >= 15 is 0 Å². The van der Waals surface area contributed by atoms with Gasteiger partial charge in [0, 0.05) is 22.1 Å². The SMILES string of the molecule is Cc1cc(Cl)cc2c1O[C@H](C(F)(F)F)C(C(=O)OCOC(=O)OCCSCCO[N+](=O)[O-])=C2. The Morgan fingerprint density at radius 3 is 2.58 bits per heavy atom. The molecule has 182 valence electrons. The fourth-order valence-corrected chi connectivity index (χ4v) is 3.45. The number of carbonyl (C=O) groups is 2. The van der Waals surface area contributed by atoms with E-state index in [1.165, 1.54) is 30.8 Å². The van der Waals surface area contributed by atoms with Crippen molar-refractivity contribution in [3.05, 3.63) is 44.0 Å². The number of benzene rings is 1. The highest BCUT2D eigenvalue weighted by atomic mass is 35.5. The molecule has 0 aromatic heterocycles. The van der Waals surface area contributed by atoms with Crippen LogP contribution in [0.2, 0.25) is 5.02 Å². The van der Waals surface area contributed by atoms with Gasteiger partial charge in [-0.1, -0.05) is 11.6 Å². The molecule has 1 atom stereocenters. The van der Waals surface area contributed by atoms with Crippen molar-refractivity contribution >= 4 is 41.6 Å². The van der Waals surface area contributed by atoms with Gasteiger partial charge in [-0.05, 0) is 30.7 Å². The first-order chi connectivity index (χ1) is 15.5. The molecule has 0 amide bonds. The van der Waals surface area contributed by atoms with Crippen LogP contribution in [-0.2, 0) is 23.8 Å². The third kappa shape index (κ3) is 8.20. The molecule has 1 heterocycles. The van der Waals surface area contributed by atoms with Crippen molar-refractivity contribution in [1.29, 1.82) is 0 Å². The lowest BCUT2D eigenvalue weighted by Gasteiger charge is -2.28. The van der Waals surface area contributed by atoms with Crippen molar-refractivity contribution in [1.82, 2.24) is 0 Å². The minimum atomic E-state index is -4.92. The minimum Gasteiger partial charge on any atom is -0.475 e. The van der Waals surface area contributed by atoms with E-state index in [0.29, 0.717) is 5.56 Å². The summed E-state index contributed by atoms with van der Waals surface area (Å²) >= 11 is 7.11. The summed E-state index contributed by atoms with van der Waals surface area (Å²) < 4.78 is 59.1. The number of hydrogen-bond donors (Lipinski definition) is 0. The Balaban J connectivity index is 1.85. The molecule has 1 aromatic carbocycles. The third-order valence-electron chi connectivity index (χ3n) is 3.87. The monoisotopic (exact) mass is 515 g/mol. The lowest BCUT2D eigenvalue weighted by Crippen LogP contribution is -2.41. The summed E-state index contributed by atoms with van der Waals surface area (Å²) in [6.07, 6.45) is -7.77. The molecule has 2 rings (SSSR count). The molecular weight excluding hydrogens is 499 g/mol. The largest absolute Gasteiger partial charge is 0.511 e. The fraction of sp³-hybridized carbons (Fsp3) is 0.444. The van der Waals surface area contributed by atoms with Crippen molar-refractivity contribution in [3.63, 3.8) is 0 Å². The summed E-state index contributed by atoms with van der Waals surface area (Å²) in [7, 11) is 0. The second-order valence-corrected chi connectivity index (χ2v) is 7.90. The van der Waals surface area contributed by atoms with Gasteiger partial charge in [0.05, 0.1) is 5.57 Å². The third-order valence-corrected chi connectivity index (χ3v) is 5.00. The van der Waals surface area contributed by atoms with E-state index in [1.54, 1.807) is 0 Å². The van der Waals surface area contributed by atoms with Gasteiger partial charge >= 0.3 is 18.3 Å². The van der Waals surface area contributed by atoms with Gasteiger partial charge in [-0.25, -0.2) is 9.59 Å². The Kier molecular flexibility index (Phi) is 9.46. The van der Waals surface area contributed by atoms with Crippen LogP contribution in [0.3, 0.4) is 0 Å². The normalized spacial score (nSPS) is 14.9. The number of aryl methyl sites for hydroxylation is 1. The average Bonchev–Trinajstić information content (AvgIpc) is 2.71. The molecule has 0 N–H and O–H groups in total. The number of thioether (sulfide) groups is 1. The van der Waals surface area contributed by atoms with Gasteiger partial charge in [-0.2, -0.15) is 24.9 Å². The van der Waals surface area contributed by atoms with Crippen LogP contribution in [0.25, 0.3) is 6.08 Å². The predicted molar refractivity (Wildman–Crippen MR) is 108 cm³/mol. The highest BCUT2D eigenvalue weighted by molar-refractivity contribution is 7.99. The van der Waals surface area contributed by atoms with Crippen molar-refractivity contribution in [2.45, 2.75) is 19.2 Å². The lowest BCUT2D eigenvalue weighted by molar-refractivity contribution is -0.756. The van der Waals surface area contributed by atoms with Gasteiger partial charge in [0.1, 0.15) is 19.0 Å². The molecule has 0 saturated carbocycles. The van der Waals surface area contributed by atoms with Crippen LogP contribution in [0, 0.1) is 17.0 Å². The van der Waals surface area contributed by atoms with Crippen LogP contribution in [-0.4, -0.2) is 61.0 Å². The quantitative estimate of drug-likeness (QED) is 0.149. The topological polar surface area (TPSA) is 123 Å². The summed E-state index contributed by atoms with van der Waals surface area (Å²) in [5.74, 6) is -0.923. The van der Waals surface area contributed by atoms with E-state index in [1.807, 2.05) is 0 Å². The number of halogens is 4. The Bertz CT molecular complexity index is 926. The lowest BCUT2D eigenvalue weighted by atomic mass is 9.99. The summed E-state index contributed by atoms with van der Waals surface area (Å²) in [6, 6.07) is 2.75. The molecule has 0 radical (unpaired) electrons. The minimum absolute atomic E-state index is 0.0686. The van der Waals surface area contributed by atoms with Crippen LogP contribution in [0.1, 0.15) is 11.1 Å². The van der Waals surface area contributed by atoms with E-state index in [2.05, 4.69) is 19.0 Å². The number of fused-ring (bicyclic) bond motifs is 1. The zero-order valence-corrected chi connectivity index (χ0v) is 18.5. The molecule has 0 fully saturated rings.